The Kier molecular flexibility index (Phi) is 3.65. The lowest BCUT2D eigenvalue weighted by Crippen LogP contribution is -2.35. The molecule has 24 heavy (non-hydrogen) atoms. The normalized spacial score (nSPS) is 13.8. The van der Waals surface area contributed by atoms with Crippen LogP contribution in [-0.4, -0.2) is 16.8 Å². The topological polar surface area (TPSA) is 50.5 Å². The van der Waals surface area contributed by atoms with E-state index in [-0.39, 0.29) is 17.5 Å². The van der Waals surface area contributed by atoms with Gasteiger partial charge in [-0.3, -0.25) is 4.79 Å². The zero-order chi connectivity index (χ0) is 16.5. The number of fused-ring (bicyclic) bond motifs is 1. The van der Waals surface area contributed by atoms with Gasteiger partial charge in [0.1, 0.15) is 11.1 Å². The minimum Gasteiger partial charge on any atom is -0.422 e. The number of carbonyl (C=O) groups excluding carboxylic acids is 1. The summed E-state index contributed by atoms with van der Waals surface area (Å²) in [4.78, 5) is 27.0. The first-order valence-corrected chi connectivity index (χ1v) is 8.10. The Balaban J connectivity index is 1.70. The van der Waals surface area contributed by atoms with Crippen LogP contribution in [0.3, 0.4) is 0 Å². The van der Waals surface area contributed by atoms with E-state index in [1.165, 1.54) is 0 Å². The van der Waals surface area contributed by atoms with Crippen LogP contribution in [0.2, 0.25) is 0 Å². The Morgan fingerprint density at radius 1 is 1.04 bits per heavy atom. The van der Waals surface area contributed by atoms with Crippen LogP contribution < -0.4 is 5.63 Å². The number of rotatable bonds is 4. The Bertz CT molecular complexity index is 942. The van der Waals surface area contributed by atoms with E-state index in [2.05, 4.69) is 0 Å². The van der Waals surface area contributed by atoms with E-state index < -0.39 is 5.63 Å². The lowest BCUT2D eigenvalue weighted by Gasteiger charge is -2.22. The van der Waals surface area contributed by atoms with Crippen molar-refractivity contribution in [1.82, 2.24) is 4.90 Å². The molecule has 3 aromatic rings. The monoisotopic (exact) mass is 319 g/mol. The quantitative estimate of drug-likeness (QED) is 0.690. The summed E-state index contributed by atoms with van der Waals surface area (Å²) in [6, 6.07) is 18.9. The van der Waals surface area contributed by atoms with Gasteiger partial charge in [0, 0.05) is 18.0 Å². The lowest BCUT2D eigenvalue weighted by atomic mass is 10.1. The van der Waals surface area contributed by atoms with E-state index in [1.807, 2.05) is 42.5 Å². The van der Waals surface area contributed by atoms with Gasteiger partial charge in [-0.25, -0.2) is 4.79 Å². The molecule has 0 aliphatic heterocycles. The van der Waals surface area contributed by atoms with Crippen molar-refractivity contribution < 1.29 is 9.21 Å². The number of benzene rings is 2. The predicted octanol–water partition coefficient (Wildman–Crippen LogP) is 3.60. The van der Waals surface area contributed by atoms with Crippen molar-refractivity contribution >= 4 is 16.9 Å². The summed E-state index contributed by atoms with van der Waals surface area (Å²) < 4.78 is 5.31. The molecule has 0 spiro atoms. The molecule has 0 N–H and O–H groups in total. The van der Waals surface area contributed by atoms with Crippen LogP contribution in [0.15, 0.2) is 69.9 Å². The number of para-hydroxylation sites is 1. The number of amides is 1. The molecule has 4 nitrogen and oxygen atoms in total. The van der Waals surface area contributed by atoms with Crippen molar-refractivity contribution in [2.45, 2.75) is 25.4 Å². The predicted molar refractivity (Wildman–Crippen MR) is 91.8 cm³/mol. The third kappa shape index (κ3) is 2.83. The zero-order valence-electron chi connectivity index (χ0n) is 13.1. The van der Waals surface area contributed by atoms with Gasteiger partial charge in [-0.1, -0.05) is 48.5 Å². The molecule has 4 rings (SSSR count). The highest BCUT2D eigenvalue weighted by Gasteiger charge is 2.34. The third-order valence-electron chi connectivity index (χ3n) is 4.32. The van der Waals surface area contributed by atoms with Gasteiger partial charge < -0.3 is 9.32 Å². The molecule has 1 aliphatic rings. The summed E-state index contributed by atoms with van der Waals surface area (Å²) in [6.07, 6.45) is 1.97. The molecule has 2 aromatic carbocycles. The molecule has 4 heteroatoms. The Hall–Kier alpha value is -2.88. The van der Waals surface area contributed by atoms with Crippen molar-refractivity contribution in [2.24, 2.45) is 0 Å². The summed E-state index contributed by atoms with van der Waals surface area (Å²) in [6.45, 7) is 0.511. The van der Waals surface area contributed by atoms with E-state index in [0.29, 0.717) is 12.1 Å². The minimum absolute atomic E-state index is 0.108. The molecule has 0 bridgehead atoms. The summed E-state index contributed by atoms with van der Waals surface area (Å²) in [5, 5.41) is 0.760. The van der Waals surface area contributed by atoms with E-state index in [0.717, 1.165) is 23.8 Å². The first-order chi connectivity index (χ1) is 11.7. The van der Waals surface area contributed by atoms with Crippen LogP contribution >= 0.6 is 0 Å². The molecular formula is C20H17NO3. The van der Waals surface area contributed by atoms with Crippen molar-refractivity contribution in [1.29, 1.82) is 0 Å². The van der Waals surface area contributed by atoms with Crippen LogP contribution in [0.5, 0.6) is 0 Å². The molecule has 1 aromatic heterocycles. The number of nitrogens with zero attached hydrogens (tertiary/aromatic N) is 1. The largest absolute Gasteiger partial charge is 0.422 e. The molecule has 1 aliphatic carbocycles. The van der Waals surface area contributed by atoms with Crippen molar-refractivity contribution in [3.8, 4) is 0 Å². The highest BCUT2D eigenvalue weighted by molar-refractivity contribution is 5.97. The fraction of sp³-hybridized carbons (Fsp3) is 0.200. The van der Waals surface area contributed by atoms with Gasteiger partial charge in [-0.15, -0.1) is 0 Å². The fourth-order valence-corrected chi connectivity index (χ4v) is 2.90. The molecule has 1 amide bonds. The molecule has 120 valence electrons. The van der Waals surface area contributed by atoms with Gasteiger partial charge in [0.05, 0.1) is 0 Å². The van der Waals surface area contributed by atoms with Crippen LogP contribution in [0.1, 0.15) is 28.8 Å². The Labute approximate surface area is 139 Å². The average Bonchev–Trinajstić information content (AvgIpc) is 3.44. The van der Waals surface area contributed by atoms with Gasteiger partial charge in [0.25, 0.3) is 5.91 Å². The SMILES string of the molecule is O=C(c1cc2ccccc2oc1=O)N(Cc1ccccc1)C1CC1. The van der Waals surface area contributed by atoms with Crippen molar-refractivity contribution in [2.75, 3.05) is 0 Å². The molecule has 0 radical (unpaired) electrons. The second-order valence-electron chi connectivity index (χ2n) is 6.14. The van der Waals surface area contributed by atoms with Gasteiger partial charge in [-0.2, -0.15) is 0 Å². The minimum atomic E-state index is -0.572. The summed E-state index contributed by atoms with van der Waals surface area (Å²) in [7, 11) is 0. The summed E-state index contributed by atoms with van der Waals surface area (Å²) >= 11 is 0. The molecule has 1 saturated carbocycles. The van der Waals surface area contributed by atoms with Gasteiger partial charge in [-0.05, 0) is 30.5 Å². The Morgan fingerprint density at radius 3 is 2.50 bits per heavy atom. The van der Waals surface area contributed by atoms with Crippen molar-refractivity contribution in [3.63, 3.8) is 0 Å². The van der Waals surface area contributed by atoms with E-state index >= 15 is 0 Å². The van der Waals surface area contributed by atoms with Crippen molar-refractivity contribution in [3.05, 3.63) is 82.2 Å². The second-order valence-corrected chi connectivity index (χ2v) is 6.14. The van der Waals surface area contributed by atoms with Gasteiger partial charge in [0.2, 0.25) is 0 Å². The smallest absolute Gasteiger partial charge is 0.349 e. The van der Waals surface area contributed by atoms with E-state index in [4.69, 9.17) is 4.42 Å². The highest BCUT2D eigenvalue weighted by Crippen LogP contribution is 2.29. The Morgan fingerprint density at radius 2 is 1.75 bits per heavy atom. The zero-order valence-corrected chi connectivity index (χ0v) is 13.1. The van der Waals surface area contributed by atoms with E-state index in [1.54, 1.807) is 23.1 Å². The maximum atomic E-state index is 13.0. The van der Waals surface area contributed by atoms with Crippen LogP contribution in [-0.2, 0) is 6.54 Å². The summed E-state index contributed by atoms with van der Waals surface area (Å²) in [5.41, 5.74) is 1.09. The average molecular weight is 319 g/mol. The first-order valence-electron chi connectivity index (χ1n) is 8.10. The third-order valence-corrected chi connectivity index (χ3v) is 4.32. The highest BCUT2D eigenvalue weighted by atomic mass is 16.4. The first kappa shape index (κ1) is 14.7. The van der Waals surface area contributed by atoms with Crippen LogP contribution in [0.25, 0.3) is 11.0 Å². The molecular weight excluding hydrogens is 302 g/mol. The molecule has 0 saturated heterocycles. The fourth-order valence-electron chi connectivity index (χ4n) is 2.90. The lowest BCUT2D eigenvalue weighted by molar-refractivity contribution is 0.0726. The number of carbonyl (C=O) groups is 1. The standard InChI is InChI=1S/C20H17NO3/c22-19(17-12-15-8-4-5-9-18(15)24-20(17)23)21(16-10-11-16)13-14-6-2-1-3-7-14/h1-9,12,16H,10-11,13H2. The van der Waals surface area contributed by atoms with E-state index in [9.17, 15) is 9.59 Å². The molecule has 0 unspecified atom stereocenters. The van der Waals surface area contributed by atoms with Crippen LogP contribution in [0, 0.1) is 0 Å². The van der Waals surface area contributed by atoms with Gasteiger partial charge in [0.15, 0.2) is 0 Å². The maximum Gasteiger partial charge on any atom is 0.349 e. The molecule has 1 fully saturated rings. The second kappa shape index (κ2) is 5.96. The van der Waals surface area contributed by atoms with Gasteiger partial charge >= 0.3 is 5.63 Å². The maximum absolute atomic E-state index is 13.0. The molecule has 0 atom stereocenters. The molecule has 1 heterocycles. The van der Waals surface area contributed by atoms with Crippen LogP contribution in [0.4, 0.5) is 0 Å². The summed E-state index contributed by atoms with van der Waals surface area (Å²) in [5.74, 6) is -0.249. The number of hydrogen-bond acceptors (Lipinski definition) is 3. The number of hydrogen-bond donors (Lipinski definition) is 0.